The molecule has 0 saturated heterocycles. The van der Waals surface area contributed by atoms with Gasteiger partial charge in [-0.1, -0.05) is 54.9 Å². The minimum absolute atomic E-state index is 0.0194. The molecule has 5 heteroatoms. The van der Waals surface area contributed by atoms with Crippen LogP contribution in [-0.2, 0) is 11.8 Å². The van der Waals surface area contributed by atoms with Gasteiger partial charge in [0.2, 0.25) is 0 Å². The Kier molecular flexibility index (Phi) is 6.93. The maximum Gasteiger partial charge on any atom is 0.155 e. The van der Waals surface area contributed by atoms with Gasteiger partial charge in [-0.15, -0.1) is 0 Å². The van der Waals surface area contributed by atoms with Crippen LogP contribution < -0.4 is 0 Å². The first kappa shape index (κ1) is 26.7. The number of aromatic nitrogens is 3. The Bertz CT molecular complexity index is 923. The zero-order valence-electron chi connectivity index (χ0n) is 24.1. The summed E-state index contributed by atoms with van der Waals surface area (Å²) in [6.07, 6.45) is 10.9. The lowest BCUT2D eigenvalue weighted by atomic mass is 9.41. The Morgan fingerprint density at radius 3 is 2.36 bits per heavy atom. The summed E-state index contributed by atoms with van der Waals surface area (Å²) < 4.78 is 0. The summed E-state index contributed by atoms with van der Waals surface area (Å²) in [5.74, 6) is 5.81. The fraction of sp³-hybridized carbons (Fsp3) is 0.935. The van der Waals surface area contributed by atoms with E-state index in [1.807, 2.05) is 0 Å². The maximum atomic E-state index is 11.9. The van der Waals surface area contributed by atoms with Gasteiger partial charge in [-0.2, -0.15) is 5.10 Å². The van der Waals surface area contributed by atoms with Crippen LogP contribution >= 0.6 is 0 Å². The summed E-state index contributed by atoms with van der Waals surface area (Å²) in [6.45, 7) is 16.4. The van der Waals surface area contributed by atoms with Crippen molar-refractivity contribution in [2.75, 3.05) is 0 Å². The van der Waals surface area contributed by atoms with Gasteiger partial charge in [-0.05, 0) is 104 Å². The lowest BCUT2D eigenvalue weighted by Gasteiger charge is -2.64. The van der Waals surface area contributed by atoms with Crippen LogP contribution in [0, 0.1) is 52.3 Å². The first-order chi connectivity index (χ1) is 16.9. The highest BCUT2D eigenvalue weighted by molar-refractivity contribution is 5.13. The lowest BCUT2D eigenvalue weighted by molar-refractivity contribution is -0.203. The van der Waals surface area contributed by atoms with Crippen LogP contribution in [0.4, 0.5) is 0 Å². The Morgan fingerprint density at radius 1 is 1.00 bits per heavy atom. The number of aliphatic hydroxyl groups excluding tert-OH is 2. The van der Waals surface area contributed by atoms with Crippen molar-refractivity contribution >= 4 is 0 Å². The first-order valence-electron chi connectivity index (χ1n) is 15.2. The van der Waals surface area contributed by atoms with Crippen molar-refractivity contribution in [2.24, 2.45) is 52.3 Å². The number of hydrogen-bond acceptors (Lipinski definition) is 4. The topological polar surface area (TPSA) is 82.0 Å². The van der Waals surface area contributed by atoms with Crippen LogP contribution in [0.5, 0.6) is 0 Å². The molecule has 1 heterocycles. The molecule has 36 heavy (non-hydrogen) atoms. The molecule has 0 spiro atoms. The smallest absolute Gasteiger partial charge is 0.155 e. The maximum absolute atomic E-state index is 11.9. The molecule has 4 fully saturated rings. The van der Waals surface area contributed by atoms with Crippen LogP contribution in [0.3, 0.4) is 0 Å². The van der Waals surface area contributed by atoms with Gasteiger partial charge < -0.3 is 10.2 Å². The van der Waals surface area contributed by atoms with Crippen LogP contribution in [0.2, 0.25) is 0 Å². The predicted molar refractivity (Wildman–Crippen MR) is 144 cm³/mol. The SMILES string of the molecule is CC[C@H]1[C@@H](O)[C@@H]2[C@H](CC[C@]3(C)C([C@H](C)CCc4nc(C(C)(C)C)n[nH]4)CC[C@@H]23)[C@@]2(C)CC[C@@H](O)C[C@@H]12. The van der Waals surface area contributed by atoms with Gasteiger partial charge in [-0.25, -0.2) is 4.98 Å². The van der Waals surface area contributed by atoms with Crippen molar-refractivity contribution in [1.82, 2.24) is 15.2 Å². The average Bonchev–Trinajstić information content (AvgIpc) is 3.43. The number of aromatic amines is 1. The molecular formula is C31H53N3O2. The van der Waals surface area contributed by atoms with Crippen molar-refractivity contribution < 1.29 is 10.2 Å². The van der Waals surface area contributed by atoms with Crippen LogP contribution in [0.15, 0.2) is 0 Å². The molecule has 11 atom stereocenters. The average molecular weight is 500 g/mol. The molecule has 4 aliphatic carbocycles. The van der Waals surface area contributed by atoms with E-state index in [0.29, 0.717) is 40.9 Å². The number of rotatable bonds is 5. The molecule has 4 aliphatic rings. The van der Waals surface area contributed by atoms with Crippen molar-refractivity contribution in [3.63, 3.8) is 0 Å². The first-order valence-corrected chi connectivity index (χ1v) is 15.2. The summed E-state index contributed by atoms with van der Waals surface area (Å²) in [7, 11) is 0. The second kappa shape index (κ2) is 9.36. The van der Waals surface area contributed by atoms with Crippen LogP contribution in [0.25, 0.3) is 0 Å². The Hall–Kier alpha value is -0.940. The second-order valence-corrected chi connectivity index (χ2v) is 15.0. The fourth-order valence-corrected chi connectivity index (χ4v) is 10.2. The van der Waals surface area contributed by atoms with Gasteiger partial charge in [0.05, 0.1) is 12.2 Å². The highest BCUT2D eigenvalue weighted by atomic mass is 16.3. The van der Waals surface area contributed by atoms with E-state index in [-0.39, 0.29) is 23.0 Å². The molecule has 5 rings (SSSR count). The van der Waals surface area contributed by atoms with Crippen molar-refractivity contribution in [3.8, 4) is 0 Å². The molecule has 1 aromatic heterocycles. The molecule has 0 radical (unpaired) electrons. The summed E-state index contributed by atoms with van der Waals surface area (Å²) in [6, 6.07) is 0. The Balaban J connectivity index is 1.33. The quantitative estimate of drug-likeness (QED) is 0.444. The number of fused-ring (bicyclic) bond motifs is 5. The molecule has 0 bridgehead atoms. The summed E-state index contributed by atoms with van der Waals surface area (Å²) >= 11 is 0. The molecule has 1 aromatic rings. The van der Waals surface area contributed by atoms with E-state index >= 15 is 0 Å². The monoisotopic (exact) mass is 499 g/mol. The lowest BCUT2D eigenvalue weighted by Crippen LogP contribution is -2.62. The van der Waals surface area contributed by atoms with E-state index in [2.05, 4.69) is 58.7 Å². The van der Waals surface area contributed by atoms with E-state index in [1.54, 1.807) is 0 Å². The van der Waals surface area contributed by atoms with Crippen molar-refractivity contribution in [3.05, 3.63) is 11.6 Å². The molecule has 204 valence electrons. The van der Waals surface area contributed by atoms with Crippen LogP contribution in [-0.4, -0.2) is 37.6 Å². The third-order valence-electron chi connectivity index (χ3n) is 12.2. The van der Waals surface area contributed by atoms with Gasteiger partial charge in [0.25, 0.3) is 0 Å². The molecular weight excluding hydrogens is 446 g/mol. The largest absolute Gasteiger partial charge is 0.393 e. The highest BCUT2D eigenvalue weighted by Gasteiger charge is 2.64. The summed E-state index contributed by atoms with van der Waals surface area (Å²) in [5.41, 5.74) is 0.593. The molecule has 0 aliphatic heterocycles. The van der Waals surface area contributed by atoms with Gasteiger partial charge >= 0.3 is 0 Å². The molecule has 5 nitrogen and oxygen atoms in total. The standard InChI is InChI=1S/C31H53N3O2/c1-8-20-24-17-19(35)13-15-31(24,7)23-14-16-30(6)21(10-11-22(30)26(23)27(20)36)18(2)9-12-25-32-28(34-33-25)29(3,4)5/h18-24,26-27,35-36H,8-17H2,1-7H3,(H,32,33,34)/t18-,19-,20-,21?,22+,23+,24+,26+,27-,30-,31-/m1/s1. The zero-order chi connectivity index (χ0) is 26.0. The third kappa shape index (κ3) is 4.19. The van der Waals surface area contributed by atoms with E-state index in [4.69, 9.17) is 4.98 Å². The van der Waals surface area contributed by atoms with E-state index in [1.165, 1.54) is 25.7 Å². The van der Waals surface area contributed by atoms with Crippen molar-refractivity contribution in [2.45, 2.75) is 130 Å². The van der Waals surface area contributed by atoms with Crippen molar-refractivity contribution in [1.29, 1.82) is 0 Å². The number of hydrogen-bond donors (Lipinski definition) is 3. The van der Waals surface area contributed by atoms with Gasteiger partial charge in [0.1, 0.15) is 5.82 Å². The Morgan fingerprint density at radius 2 is 1.69 bits per heavy atom. The van der Waals surface area contributed by atoms with Gasteiger partial charge in [0, 0.05) is 11.8 Å². The molecule has 0 amide bonds. The number of H-pyrrole nitrogens is 1. The minimum atomic E-state index is -0.202. The third-order valence-corrected chi connectivity index (χ3v) is 12.2. The second-order valence-electron chi connectivity index (χ2n) is 15.0. The van der Waals surface area contributed by atoms with E-state index in [0.717, 1.165) is 56.1 Å². The minimum Gasteiger partial charge on any atom is -0.393 e. The highest BCUT2D eigenvalue weighted by Crippen LogP contribution is 2.69. The summed E-state index contributed by atoms with van der Waals surface area (Å²) in [4.78, 5) is 4.79. The van der Waals surface area contributed by atoms with E-state index < -0.39 is 0 Å². The molecule has 0 aromatic carbocycles. The molecule has 3 N–H and O–H groups in total. The summed E-state index contributed by atoms with van der Waals surface area (Å²) in [5, 5.41) is 30.1. The normalized spacial score (nSPS) is 45.6. The number of aliphatic hydroxyl groups is 2. The zero-order valence-corrected chi connectivity index (χ0v) is 24.1. The van der Waals surface area contributed by atoms with Crippen LogP contribution in [0.1, 0.15) is 118 Å². The predicted octanol–water partition coefficient (Wildman–Crippen LogP) is 6.30. The Labute approximate surface area is 219 Å². The molecule has 4 saturated carbocycles. The van der Waals surface area contributed by atoms with Gasteiger partial charge in [-0.3, -0.25) is 5.10 Å². The van der Waals surface area contributed by atoms with Gasteiger partial charge in [0.15, 0.2) is 5.82 Å². The fourth-order valence-electron chi connectivity index (χ4n) is 10.2. The number of nitrogens with zero attached hydrogens (tertiary/aromatic N) is 2. The molecule has 1 unspecified atom stereocenters. The number of nitrogens with one attached hydrogen (secondary N) is 1. The van der Waals surface area contributed by atoms with E-state index in [9.17, 15) is 10.2 Å². The number of aryl methyl sites for hydroxylation is 1.